The van der Waals surface area contributed by atoms with E-state index in [4.69, 9.17) is 21.1 Å². The van der Waals surface area contributed by atoms with Crippen molar-refractivity contribution in [2.45, 2.75) is 25.9 Å². The molecule has 1 aromatic carbocycles. The maximum atomic E-state index is 9.06. The number of nitrogens with one attached hydrogen (secondary N) is 3. The number of anilines is 4. The van der Waals surface area contributed by atoms with Crippen LogP contribution in [-0.4, -0.2) is 59.6 Å². The fourth-order valence-corrected chi connectivity index (χ4v) is 3.36. The summed E-state index contributed by atoms with van der Waals surface area (Å²) in [5, 5.41) is 9.40. The number of benzene rings is 1. The number of halogens is 1. The second-order valence-electron chi connectivity index (χ2n) is 7.87. The Kier molecular flexibility index (Phi) is 9.42. The minimum atomic E-state index is 0.208. The number of hydrogen-bond donors (Lipinski definition) is 3. The van der Waals surface area contributed by atoms with E-state index in [9.17, 15) is 0 Å². The van der Waals surface area contributed by atoms with Gasteiger partial charge in [0, 0.05) is 48.7 Å². The molecule has 1 amide bonds. The van der Waals surface area contributed by atoms with Crippen molar-refractivity contribution in [2.24, 2.45) is 0 Å². The van der Waals surface area contributed by atoms with E-state index in [0.717, 1.165) is 37.2 Å². The van der Waals surface area contributed by atoms with Gasteiger partial charge in [-0.25, -0.2) is 4.98 Å². The average Bonchev–Trinajstić information content (AvgIpc) is 2.84. The van der Waals surface area contributed by atoms with Gasteiger partial charge in [-0.3, -0.25) is 4.79 Å². The first-order valence-electron chi connectivity index (χ1n) is 11.0. The van der Waals surface area contributed by atoms with Crippen LogP contribution in [-0.2, 0) is 4.79 Å². The molecule has 1 fully saturated rings. The van der Waals surface area contributed by atoms with Gasteiger partial charge < -0.3 is 25.6 Å². The number of likely N-dealkylation sites (tertiary alicyclic amines) is 1. The molecule has 3 aromatic rings. The Hall–Kier alpha value is -3.43. The normalized spacial score (nSPS) is 13.9. The van der Waals surface area contributed by atoms with Crippen molar-refractivity contribution >= 4 is 41.3 Å². The van der Waals surface area contributed by atoms with Gasteiger partial charge in [0.2, 0.25) is 18.2 Å². The third kappa shape index (κ3) is 7.86. The van der Waals surface area contributed by atoms with Crippen molar-refractivity contribution in [1.29, 1.82) is 0 Å². The molecule has 3 N–H and O–H groups in total. The van der Waals surface area contributed by atoms with Crippen LogP contribution in [0.2, 0.25) is 5.02 Å². The molecular weight excluding hydrogens is 454 g/mol. The highest BCUT2D eigenvalue weighted by Gasteiger charge is 2.18. The molecule has 10 heteroatoms. The van der Waals surface area contributed by atoms with Crippen LogP contribution in [0.5, 0.6) is 5.88 Å². The zero-order chi connectivity index (χ0) is 24.3. The van der Waals surface area contributed by atoms with Gasteiger partial charge >= 0.3 is 0 Å². The van der Waals surface area contributed by atoms with Crippen LogP contribution in [0.15, 0.2) is 48.7 Å². The van der Waals surface area contributed by atoms with Crippen molar-refractivity contribution < 1.29 is 9.53 Å². The minimum absolute atomic E-state index is 0.208. The predicted molar refractivity (Wildman–Crippen MR) is 135 cm³/mol. The number of rotatable bonds is 7. The molecule has 0 radical (unpaired) electrons. The summed E-state index contributed by atoms with van der Waals surface area (Å²) in [6, 6.07) is 13.1. The van der Waals surface area contributed by atoms with Crippen LogP contribution < -0.4 is 20.7 Å². The van der Waals surface area contributed by atoms with Crippen molar-refractivity contribution in [2.75, 3.05) is 37.8 Å². The smallest absolute Gasteiger partial charge is 0.229 e. The largest absolute Gasteiger partial charge is 0.474 e. The summed E-state index contributed by atoms with van der Waals surface area (Å²) in [5.74, 6) is 2.48. The highest BCUT2D eigenvalue weighted by atomic mass is 35.5. The summed E-state index contributed by atoms with van der Waals surface area (Å²) in [5.41, 5.74) is 1.78. The Balaban J connectivity index is 0.000000751. The molecule has 0 unspecified atom stereocenters. The maximum Gasteiger partial charge on any atom is 0.229 e. The fraction of sp³-hybridized carbons (Fsp3) is 0.333. The van der Waals surface area contributed by atoms with Crippen LogP contribution >= 0.6 is 11.6 Å². The molecule has 2 aromatic heterocycles. The number of aromatic nitrogens is 3. The zero-order valence-corrected chi connectivity index (χ0v) is 20.3. The summed E-state index contributed by atoms with van der Waals surface area (Å²) < 4.78 is 6.09. The monoisotopic (exact) mass is 483 g/mol. The highest BCUT2D eigenvalue weighted by Crippen LogP contribution is 2.23. The molecule has 1 aliphatic rings. The molecule has 0 spiro atoms. The number of pyridine rings is 1. The van der Waals surface area contributed by atoms with Crippen LogP contribution in [0.1, 0.15) is 18.4 Å². The van der Waals surface area contributed by atoms with Gasteiger partial charge in [-0.15, -0.1) is 0 Å². The number of ether oxygens (including phenoxy) is 1. The Morgan fingerprint density at radius 2 is 1.79 bits per heavy atom. The lowest BCUT2D eigenvalue weighted by Gasteiger charge is -2.29. The fourth-order valence-electron chi connectivity index (χ4n) is 3.24. The number of carbonyl (C=O) groups is 1. The first-order valence-corrected chi connectivity index (χ1v) is 11.4. The minimum Gasteiger partial charge on any atom is -0.474 e. The van der Waals surface area contributed by atoms with E-state index in [-0.39, 0.29) is 6.10 Å². The summed E-state index contributed by atoms with van der Waals surface area (Å²) in [6.07, 6.45) is 4.63. The van der Waals surface area contributed by atoms with Crippen LogP contribution in [0.4, 0.5) is 23.3 Å². The molecule has 0 atom stereocenters. The Morgan fingerprint density at radius 3 is 2.47 bits per heavy atom. The lowest BCUT2D eigenvalue weighted by Crippen LogP contribution is -2.35. The quantitative estimate of drug-likeness (QED) is 0.430. The molecule has 4 rings (SSSR count). The highest BCUT2D eigenvalue weighted by molar-refractivity contribution is 6.30. The van der Waals surface area contributed by atoms with Gasteiger partial charge in [-0.05, 0) is 57.1 Å². The maximum absolute atomic E-state index is 9.06. The lowest BCUT2D eigenvalue weighted by molar-refractivity contribution is -0.109. The van der Waals surface area contributed by atoms with Crippen molar-refractivity contribution in [3.63, 3.8) is 0 Å². The number of carbonyl (C=O) groups excluding carboxylic acids is 1. The first kappa shape index (κ1) is 25.2. The molecule has 34 heavy (non-hydrogen) atoms. The van der Waals surface area contributed by atoms with Gasteiger partial charge in [-0.1, -0.05) is 17.7 Å². The first-order chi connectivity index (χ1) is 16.5. The molecule has 0 aliphatic carbocycles. The van der Waals surface area contributed by atoms with Gasteiger partial charge in [0.1, 0.15) is 17.7 Å². The summed E-state index contributed by atoms with van der Waals surface area (Å²) >= 11 is 5.94. The van der Waals surface area contributed by atoms with E-state index < -0.39 is 0 Å². The Bertz CT molecular complexity index is 1060. The van der Waals surface area contributed by atoms with E-state index in [1.807, 2.05) is 49.4 Å². The van der Waals surface area contributed by atoms with E-state index >= 15 is 0 Å². The van der Waals surface area contributed by atoms with Crippen molar-refractivity contribution in [3.8, 4) is 5.88 Å². The number of aryl methyl sites for hydroxylation is 1. The molecule has 1 aliphatic heterocycles. The van der Waals surface area contributed by atoms with E-state index in [1.54, 1.807) is 13.2 Å². The molecule has 3 heterocycles. The third-order valence-electron chi connectivity index (χ3n) is 5.11. The summed E-state index contributed by atoms with van der Waals surface area (Å²) in [4.78, 5) is 24.9. The van der Waals surface area contributed by atoms with Gasteiger partial charge in [0.05, 0.1) is 0 Å². The molecular formula is C24H30ClN7O2. The SMILES string of the molecule is CNC=O.Cc1cnc(Nc2ccc(Cl)cc2)nc1Nc1cccc(OC2CCN(C)CC2)n1. The van der Waals surface area contributed by atoms with Gasteiger partial charge in [-0.2, -0.15) is 9.97 Å². The molecule has 180 valence electrons. The third-order valence-corrected chi connectivity index (χ3v) is 5.36. The molecule has 9 nitrogen and oxygen atoms in total. The summed E-state index contributed by atoms with van der Waals surface area (Å²) in [7, 11) is 3.70. The molecule has 1 saturated heterocycles. The number of nitrogens with zero attached hydrogens (tertiary/aromatic N) is 4. The van der Waals surface area contributed by atoms with Crippen LogP contribution in [0.3, 0.4) is 0 Å². The van der Waals surface area contributed by atoms with Crippen molar-refractivity contribution in [1.82, 2.24) is 25.2 Å². The lowest BCUT2D eigenvalue weighted by atomic mass is 10.1. The predicted octanol–water partition coefficient (Wildman–Crippen LogP) is 4.16. The van der Waals surface area contributed by atoms with Gasteiger partial charge in [0.25, 0.3) is 0 Å². The van der Waals surface area contributed by atoms with Gasteiger partial charge in [0.15, 0.2) is 0 Å². The molecule has 0 saturated carbocycles. The number of hydrogen-bond acceptors (Lipinski definition) is 8. The van der Waals surface area contributed by atoms with E-state index in [1.165, 1.54) is 0 Å². The molecule has 0 bridgehead atoms. The van der Waals surface area contributed by atoms with E-state index in [2.05, 4.69) is 42.8 Å². The van der Waals surface area contributed by atoms with E-state index in [0.29, 0.717) is 34.9 Å². The Morgan fingerprint density at radius 1 is 1.09 bits per heavy atom. The second kappa shape index (κ2) is 12.7. The van der Waals surface area contributed by atoms with Crippen LogP contribution in [0, 0.1) is 6.92 Å². The summed E-state index contributed by atoms with van der Waals surface area (Å²) in [6.45, 7) is 4.05. The van der Waals surface area contributed by atoms with Crippen molar-refractivity contribution in [3.05, 3.63) is 59.2 Å². The average molecular weight is 484 g/mol. The number of amides is 1. The number of piperidine rings is 1. The zero-order valence-electron chi connectivity index (χ0n) is 19.6. The standard InChI is InChI=1S/C22H25ClN6O.C2H5NO/c1-15-14-24-22(25-17-8-6-16(23)7-9-17)28-21(15)27-19-4-3-5-20(26-19)30-18-10-12-29(2)13-11-18;1-3-2-4/h3-9,14,18H,10-13H2,1-2H3,(H2,24,25,26,27,28);2H,1H3,(H,3,4). The topological polar surface area (TPSA) is 104 Å². The Labute approximate surface area is 204 Å². The second-order valence-corrected chi connectivity index (χ2v) is 8.31. The van der Waals surface area contributed by atoms with Crippen LogP contribution in [0.25, 0.3) is 0 Å².